The summed E-state index contributed by atoms with van der Waals surface area (Å²) in [5.41, 5.74) is 7.18. The molecule has 0 aliphatic carbocycles. The predicted molar refractivity (Wildman–Crippen MR) is 110 cm³/mol. The number of anilines is 1. The monoisotopic (exact) mass is 379 g/mol. The van der Waals surface area contributed by atoms with Gasteiger partial charge in [-0.2, -0.15) is 5.10 Å². The molecule has 146 valence electrons. The lowest BCUT2D eigenvalue weighted by Crippen LogP contribution is -2.26. The first-order valence-corrected chi connectivity index (χ1v) is 9.38. The van der Waals surface area contributed by atoms with Crippen LogP contribution in [0.25, 0.3) is 0 Å². The summed E-state index contributed by atoms with van der Waals surface area (Å²) in [6.45, 7) is 6.47. The first kappa shape index (κ1) is 19.6. The fourth-order valence-electron chi connectivity index (χ4n) is 3.02. The summed E-state index contributed by atoms with van der Waals surface area (Å²) in [4.78, 5) is 25.7. The maximum Gasteiger partial charge on any atom is 0.277 e. The summed E-state index contributed by atoms with van der Waals surface area (Å²) < 4.78 is 5.51. The maximum atomic E-state index is 12.0. The van der Waals surface area contributed by atoms with Gasteiger partial charge >= 0.3 is 0 Å². The molecule has 6 heteroatoms. The molecule has 1 heterocycles. The van der Waals surface area contributed by atoms with Crippen molar-refractivity contribution >= 4 is 23.2 Å². The molecule has 2 aromatic rings. The molecule has 1 aliphatic rings. The van der Waals surface area contributed by atoms with Crippen LogP contribution in [-0.2, 0) is 9.59 Å². The van der Waals surface area contributed by atoms with Crippen molar-refractivity contribution in [1.29, 1.82) is 0 Å². The van der Waals surface area contributed by atoms with Gasteiger partial charge in [-0.25, -0.2) is 5.43 Å². The summed E-state index contributed by atoms with van der Waals surface area (Å²) in [7, 11) is 0. The maximum absolute atomic E-state index is 12.0. The summed E-state index contributed by atoms with van der Waals surface area (Å²) in [6, 6.07) is 13.3. The predicted octanol–water partition coefficient (Wildman–Crippen LogP) is 3.35. The van der Waals surface area contributed by atoms with Crippen LogP contribution in [0.4, 0.5) is 5.69 Å². The van der Waals surface area contributed by atoms with Gasteiger partial charge in [0.05, 0.1) is 5.71 Å². The van der Waals surface area contributed by atoms with Crippen LogP contribution >= 0.6 is 0 Å². The lowest BCUT2D eigenvalue weighted by Gasteiger charge is -2.16. The van der Waals surface area contributed by atoms with Crippen molar-refractivity contribution in [3.05, 3.63) is 59.2 Å². The van der Waals surface area contributed by atoms with Gasteiger partial charge in [0.2, 0.25) is 5.91 Å². The number of aryl methyl sites for hydroxylation is 2. The molecule has 0 bridgehead atoms. The molecule has 0 spiro atoms. The second-order valence-electron chi connectivity index (χ2n) is 6.97. The Labute approximate surface area is 165 Å². The number of hydrazone groups is 1. The van der Waals surface area contributed by atoms with E-state index in [-0.39, 0.29) is 18.4 Å². The first-order chi connectivity index (χ1) is 13.4. The molecule has 0 unspecified atom stereocenters. The van der Waals surface area contributed by atoms with Gasteiger partial charge in [0.25, 0.3) is 5.91 Å². The van der Waals surface area contributed by atoms with Crippen molar-refractivity contribution in [2.75, 3.05) is 18.1 Å². The van der Waals surface area contributed by atoms with E-state index < -0.39 is 0 Å². The van der Waals surface area contributed by atoms with E-state index in [1.54, 1.807) is 4.90 Å². The molecular formula is C22H25N3O3. The topological polar surface area (TPSA) is 71.0 Å². The number of hydrogen-bond acceptors (Lipinski definition) is 4. The highest BCUT2D eigenvalue weighted by Gasteiger charge is 2.21. The van der Waals surface area contributed by atoms with E-state index >= 15 is 0 Å². The highest BCUT2D eigenvalue weighted by molar-refractivity contribution is 6.01. The molecule has 1 aliphatic heterocycles. The second-order valence-corrected chi connectivity index (χ2v) is 6.97. The van der Waals surface area contributed by atoms with Crippen molar-refractivity contribution < 1.29 is 14.3 Å². The molecule has 0 atom stereocenters. The largest absolute Gasteiger partial charge is 0.484 e. The number of nitrogens with zero attached hydrogens (tertiary/aromatic N) is 2. The third-order valence-electron chi connectivity index (χ3n) is 4.85. The van der Waals surface area contributed by atoms with Crippen LogP contribution in [0.5, 0.6) is 5.75 Å². The first-order valence-electron chi connectivity index (χ1n) is 9.38. The smallest absolute Gasteiger partial charge is 0.277 e. The number of carbonyl (C=O) groups excluding carboxylic acids is 2. The van der Waals surface area contributed by atoms with Gasteiger partial charge in [0.1, 0.15) is 5.75 Å². The Morgan fingerprint density at radius 1 is 1.18 bits per heavy atom. The number of amides is 2. The van der Waals surface area contributed by atoms with E-state index in [0.717, 1.165) is 29.8 Å². The Bertz CT molecular complexity index is 921. The number of nitrogens with one attached hydrogen (secondary N) is 1. The van der Waals surface area contributed by atoms with Gasteiger partial charge in [-0.05, 0) is 68.1 Å². The van der Waals surface area contributed by atoms with Crippen molar-refractivity contribution in [2.24, 2.45) is 5.10 Å². The summed E-state index contributed by atoms with van der Waals surface area (Å²) in [5, 5.41) is 4.16. The molecule has 28 heavy (non-hydrogen) atoms. The Morgan fingerprint density at radius 3 is 2.71 bits per heavy atom. The Kier molecular flexibility index (Phi) is 6.09. The molecule has 0 aromatic heterocycles. The van der Waals surface area contributed by atoms with Crippen LogP contribution in [-0.4, -0.2) is 30.7 Å². The van der Waals surface area contributed by atoms with Crippen LogP contribution in [0.2, 0.25) is 0 Å². The van der Waals surface area contributed by atoms with Crippen molar-refractivity contribution in [2.45, 2.75) is 33.6 Å². The number of hydrogen-bond donors (Lipinski definition) is 1. The number of rotatable bonds is 6. The molecule has 0 radical (unpaired) electrons. The Morgan fingerprint density at radius 2 is 2.00 bits per heavy atom. The summed E-state index contributed by atoms with van der Waals surface area (Å²) in [6.07, 6.45) is 1.47. The van der Waals surface area contributed by atoms with Gasteiger partial charge < -0.3 is 9.64 Å². The minimum Gasteiger partial charge on any atom is -0.484 e. The van der Waals surface area contributed by atoms with Gasteiger partial charge in [-0.15, -0.1) is 0 Å². The molecule has 3 rings (SSSR count). The normalized spacial score (nSPS) is 14.3. The molecule has 1 N–H and O–H groups in total. The molecule has 1 saturated heterocycles. The minimum atomic E-state index is -0.330. The zero-order chi connectivity index (χ0) is 20.1. The minimum absolute atomic E-state index is 0.110. The highest BCUT2D eigenvalue weighted by Crippen LogP contribution is 2.22. The fraction of sp³-hybridized carbons (Fsp3) is 0.318. The molecule has 6 nitrogen and oxygen atoms in total. The average molecular weight is 379 g/mol. The summed E-state index contributed by atoms with van der Waals surface area (Å²) in [5.74, 6) is 0.467. The third kappa shape index (κ3) is 4.76. The number of benzene rings is 2. The van der Waals surface area contributed by atoms with E-state index in [1.165, 1.54) is 5.56 Å². The average Bonchev–Trinajstić information content (AvgIpc) is 3.13. The van der Waals surface area contributed by atoms with Crippen LogP contribution < -0.4 is 15.1 Å². The Balaban J connectivity index is 1.58. The van der Waals surface area contributed by atoms with E-state index in [0.29, 0.717) is 17.9 Å². The van der Waals surface area contributed by atoms with Crippen LogP contribution in [0, 0.1) is 13.8 Å². The molecule has 2 aromatic carbocycles. The molecule has 2 amide bonds. The van der Waals surface area contributed by atoms with E-state index in [4.69, 9.17) is 4.74 Å². The Hall–Kier alpha value is -3.15. The lowest BCUT2D eigenvalue weighted by molar-refractivity contribution is -0.123. The van der Waals surface area contributed by atoms with Gasteiger partial charge in [0, 0.05) is 18.7 Å². The van der Waals surface area contributed by atoms with Gasteiger partial charge in [-0.3, -0.25) is 9.59 Å². The van der Waals surface area contributed by atoms with Crippen molar-refractivity contribution in [3.63, 3.8) is 0 Å². The van der Waals surface area contributed by atoms with Gasteiger partial charge in [0.15, 0.2) is 6.61 Å². The zero-order valence-corrected chi connectivity index (χ0v) is 16.5. The standard InChI is InChI=1S/C22H25N3O3/c1-15-9-10-20(12-16(15)2)28-14-21(26)24-23-17(3)18-6-4-7-19(13-18)25-11-5-8-22(25)27/h4,6-7,9-10,12-13H,5,8,11,14H2,1-3H3,(H,24,26)/b23-17-. The zero-order valence-electron chi connectivity index (χ0n) is 16.5. The van der Waals surface area contributed by atoms with Gasteiger partial charge in [-0.1, -0.05) is 18.2 Å². The molecule has 0 saturated carbocycles. The number of carbonyl (C=O) groups is 2. The van der Waals surface area contributed by atoms with Crippen molar-refractivity contribution in [3.8, 4) is 5.75 Å². The van der Waals surface area contributed by atoms with Crippen molar-refractivity contribution in [1.82, 2.24) is 5.43 Å². The van der Waals surface area contributed by atoms with Crippen LogP contribution in [0.1, 0.15) is 36.5 Å². The SMILES string of the molecule is C/C(=N/NC(=O)COc1ccc(C)c(C)c1)c1cccc(N2CCCC2=O)c1. The summed E-state index contributed by atoms with van der Waals surface area (Å²) >= 11 is 0. The molecule has 1 fully saturated rings. The van der Waals surface area contributed by atoms with E-state index in [2.05, 4.69) is 10.5 Å². The second kappa shape index (κ2) is 8.69. The highest BCUT2D eigenvalue weighted by atomic mass is 16.5. The van der Waals surface area contributed by atoms with E-state index in [9.17, 15) is 9.59 Å². The van der Waals surface area contributed by atoms with Crippen LogP contribution in [0.3, 0.4) is 0 Å². The third-order valence-corrected chi connectivity index (χ3v) is 4.85. The van der Waals surface area contributed by atoms with Crippen LogP contribution in [0.15, 0.2) is 47.6 Å². The molecular weight excluding hydrogens is 354 g/mol. The fourth-order valence-corrected chi connectivity index (χ4v) is 3.02. The number of ether oxygens (including phenoxy) is 1. The lowest BCUT2D eigenvalue weighted by atomic mass is 10.1. The quantitative estimate of drug-likeness (QED) is 0.618. The van der Waals surface area contributed by atoms with E-state index in [1.807, 2.05) is 63.2 Å².